The zero-order chi connectivity index (χ0) is 55.0. The second-order valence-corrected chi connectivity index (χ2v) is 22.0. The van der Waals surface area contributed by atoms with Gasteiger partial charge in [0.2, 0.25) is 0 Å². The minimum Gasteiger partial charge on any atom is -0.462 e. The highest BCUT2D eigenvalue weighted by molar-refractivity contribution is 5.71. The number of allylic oxidation sites excluding steroid dienone is 12. The Hall–Kier alpha value is -3.15. The summed E-state index contributed by atoms with van der Waals surface area (Å²) < 4.78 is 16.9. The van der Waals surface area contributed by atoms with Gasteiger partial charge in [0, 0.05) is 19.3 Å². The van der Waals surface area contributed by atoms with Crippen molar-refractivity contribution < 1.29 is 28.6 Å². The highest BCUT2D eigenvalue weighted by atomic mass is 16.6. The van der Waals surface area contributed by atoms with Crippen molar-refractivity contribution in [3.63, 3.8) is 0 Å². The molecule has 440 valence electrons. The Morgan fingerprint density at radius 1 is 0.276 bits per heavy atom. The monoisotopic (exact) mass is 1060 g/mol. The summed E-state index contributed by atoms with van der Waals surface area (Å²) in [5.41, 5.74) is 0. The smallest absolute Gasteiger partial charge is 0.306 e. The number of hydrogen-bond donors (Lipinski definition) is 0. The molecular weight excluding hydrogens is 937 g/mol. The molecule has 0 aromatic heterocycles. The van der Waals surface area contributed by atoms with Gasteiger partial charge in [-0.25, -0.2) is 0 Å². The molecule has 0 aliphatic heterocycles. The molecule has 0 saturated heterocycles. The molecular formula is C70H124O6. The van der Waals surface area contributed by atoms with Crippen molar-refractivity contribution >= 4 is 17.9 Å². The Kier molecular flexibility index (Phi) is 61.7. The fraction of sp³-hybridized carbons (Fsp3) is 0.786. The van der Waals surface area contributed by atoms with E-state index in [0.29, 0.717) is 19.3 Å². The van der Waals surface area contributed by atoms with Gasteiger partial charge < -0.3 is 14.2 Å². The standard InChI is InChI=1S/C70H124O6/c1-4-7-10-13-16-19-22-25-28-31-32-33-34-35-36-37-38-40-42-45-48-51-54-57-60-63-69(72)75-66-67(65-74-68(71)62-59-56-53-50-47-44-41-30-27-24-21-18-15-12-9-6-3)76-70(73)64-61-58-55-52-49-46-43-39-29-26-23-20-17-14-11-8-5-2/h8,11,17,20-21,24,26,29-30,41,43,46,67H,4-7,9-10,12-16,18-19,22-23,25,27-28,31-40,42,44-45,47-66H2,1-3H3/b11-8-,20-17-,24-21-,29-26-,41-30-,46-43-. The lowest BCUT2D eigenvalue weighted by Crippen LogP contribution is -2.30. The third-order valence-electron chi connectivity index (χ3n) is 14.4. The molecule has 0 N–H and O–H groups in total. The Bertz CT molecular complexity index is 1400. The molecule has 1 unspecified atom stereocenters. The van der Waals surface area contributed by atoms with Gasteiger partial charge in [0.15, 0.2) is 6.10 Å². The lowest BCUT2D eigenvalue weighted by atomic mass is 10.0. The molecule has 76 heavy (non-hydrogen) atoms. The maximum atomic E-state index is 12.9. The van der Waals surface area contributed by atoms with E-state index in [0.717, 1.165) is 116 Å². The first-order chi connectivity index (χ1) is 37.5. The van der Waals surface area contributed by atoms with Gasteiger partial charge in [0.25, 0.3) is 0 Å². The Morgan fingerprint density at radius 3 is 0.816 bits per heavy atom. The molecule has 0 saturated carbocycles. The van der Waals surface area contributed by atoms with Crippen LogP contribution >= 0.6 is 0 Å². The van der Waals surface area contributed by atoms with E-state index in [1.807, 2.05) is 0 Å². The molecule has 1 atom stereocenters. The van der Waals surface area contributed by atoms with E-state index in [4.69, 9.17) is 14.2 Å². The predicted molar refractivity (Wildman–Crippen MR) is 330 cm³/mol. The first kappa shape index (κ1) is 72.8. The molecule has 0 heterocycles. The SMILES string of the molecule is CC/C=C\C/C=C\C/C=C\C/C=C\CCCCCCC(=O)OC(COC(=O)CCCCCCC/C=C\C/C=C\CCCCCC)COC(=O)CCCCCCCCCCCCCCCCCCCCCCCCCCC. The lowest BCUT2D eigenvalue weighted by Gasteiger charge is -2.18. The average molecular weight is 1060 g/mol. The summed E-state index contributed by atoms with van der Waals surface area (Å²) in [7, 11) is 0. The largest absolute Gasteiger partial charge is 0.462 e. The van der Waals surface area contributed by atoms with Crippen LogP contribution in [0.1, 0.15) is 335 Å². The summed E-state index contributed by atoms with van der Waals surface area (Å²) in [6, 6.07) is 0. The highest BCUT2D eigenvalue weighted by Crippen LogP contribution is 2.17. The van der Waals surface area contributed by atoms with Crippen LogP contribution in [0.15, 0.2) is 72.9 Å². The topological polar surface area (TPSA) is 78.9 Å². The number of esters is 3. The molecule has 0 amide bonds. The Labute approximate surface area is 472 Å². The summed E-state index contributed by atoms with van der Waals surface area (Å²) in [5, 5.41) is 0. The van der Waals surface area contributed by atoms with Crippen LogP contribution in [0.3, 0.4) is 0 Å². The van der Waals surface area contributed by atoms with Crippen LogP contribution in [0.25, 0.3) is 0 Å². The second-order valence-electron chi connectivity index (χ2n) is 22.0. The first-order valence-electron chi connectivity index (χ1n) is 32.9. The zero-order valence-corrected chi connectivity index (χ0v) is 50.5. The summed E-state index contributed by atoms with van der Waals surface area (Å²) in [6.45, 7) is 6.52. The van der Waals surface area contributed by atoms with Crippen molar-refractivity contribution in [1.82, 2.24) is 0 Å². The molecule has 0 aromatic rings. The Balaban J connectivity index is 4.32. The minimum atomic E-state index is -0.794. The van der Waals surface area contributed by atoms with Crippen molar-refractivity contribution in [2.45, 2.75) is 341 Å². The van der Waals surface area contributed by atoms with Gasteiger partial charge in [-0.1, -0.05) is 299 Å². The van der Waals surface area contributed by atoms with Gasteiger partial charge in [0.05, 0.1) is 0 Å². The van der Waals surface area contributed by atoms with Crippen LogP contribution in [-0.4, -0.2) is 37.2 Å². The maximum Gasteiger partial charge on any atom is 0.306 e. The van der Waals surface area contributed by atoms with E-state index in [1.54, 1.807) is 0 Å². The molecule has 0 radical (unpaired) electrons. The minimum absolute atomic E-state index is 0.0874. The van der Waals surface area contributed by atoms with E-state index >= 15 is 0 Å². The molecule has 6 heteroatoms. The predicted octanol–water partition coefficient (Wildman–Crippen LogP) is 22.5. The summed E-state index contributed by atoms with van der Waals surface area (Å²) in [6.07, 6.45) is 83.5. The number of carbonyl (C=O) groups is 3. The molecule has 0 bridgehead atoms. The van der Waals surface area contributed by atoms with E-state index in [9.17, 15) is 14.4 Å². The number of carbonyl (C=O) groups excluding carboxylic acids is 3. The third kappa shape index (κ3) is 61.7. The highest BCUT2D eigenvalue weighted by Gasteiger charge is 2.19. The van der Waals surface area contributed by atoms with Crippen molar-refractivity contribution in [3.05, 3.63) is 72.9 Å². The van der Waals surface area contributed by atoms with Crippen LogP contribution in [0.4, 0.5) is 0 Å². The van der Waals surface area contributed by atoms with E-state index in [2.05, 4.69) is 93.7 Å². The molecule has 0 aliphatic carbocycles. The quantitative estimate of drug-likeness (QED) is 0.0261. The fourth-order valence-electron chi connectivity index (χ4n) is 9.53. The molecule has 6 nitrogen and oxygen atoms in total. The Morgan fingerprint density at radius 2 is 0.513 bits per heavy atom. The first-order valence-corrected chi connectivity index (χ1v) is 32.9. The number of hydrogen-bond acceptors (Lipinski definition) is 6. The molecule has 0 spiro atoms. The number of ether oxygens (including phenoxy) is 3. The second kappa shape index (κ2) is 64.4. The molecule has 0 aliphatic rings. The van der Waals surface area contributed by atoms with Crippen molar-refractivity contribution in [2.24, 2.45) is 0 Å². The summed E-state index contributed by atoms with van der Waals surface area (Å²) in [4.78, 5) is 38.3. The molecule has 0 aromatic carbocycles. The van der Waals surface area contributed by atoms with Crippen LogP contribution in [-0.2, 0) is 28.6 Å². The van der Waals surface area contributed by atoms with Crippen molar-refractivity contribution in [2.75, 3.05) is 13.2 Å². The van der Waals surface area contributed by atoms with Crippen LogP contribution in [0.5, 0.6) is 0 Å². The zero-order valence-electron chi connectivity index (χ0n) is 50.5. The van der Waals surface area contributed by atoms with Gasteiger partial charge in [-0.05, 0) is 89.9 Å². The van der Waals surface area contributed by atoms with E-state index in [1.165, 1.54) is 180 Å². The van der Waals surface area contributed by atoms with Gasteiger partial charge in [-0.2, -0.15) is 0 Å². The molecule has 0 rings (SSSR count). The number of unbranched alkanes of at least 4 members (excludes halogenated alkanes) is 37. The van der Waals surface area contributed by atoms with Crippen LogP contribution < -0.4 is 0 Å². The summed E-state index contributed by atoms with van der Waals surface area (Å²) >= 11 is 0. The van der Waals surface area contributed by atoms with Gasteiger partial charge >= 0.3 is 17.9 Å². The normalized spacial score (nSPS) is 12.5. The van der Waals surface area contributed by atoms with Gasteiger partial charge in [-0.3, -0.25) is 14.4 Å². The van der Waals surface area contributed by atoms with Gasteiger partial charge in [0.1, 0.15) is 13.2 Å². The average Bonchev–Trinajstić information content (AvgIpc) is 3.42. The van der Waals surface area contributed by atoms with Gasteiger partial charge in [-0.15, -0.1) is 0 Å². The van der Waals surface area contributed by atoms with Crippen LogP contribution in [0, 0.1) is 0 Å². The summed E-state index contributed by atoms with van der Waals surface area (Å²) in [5.74, 6) is -0.909. The van der Waals surface area contributed by atoms with Crippen molar-refractivity contribution in [3.8, 4) is 0 Å². The van der Waals surface area contributed by atoms with Crippen LogP contribution in [0.2, 0.25) is 0 Å². The molecule has 0 fully saturated rings. The van der Waals surface area contributed by atoms with Crippen molar-refractivity contribution in [1.29, 1.82) is 0 Å². The number of rotatable bonds is 60. The fourth-order valence-corrected chi connectivity index (χ4v) is 9.53. The third-order valence-corrected chi connectivity index (χ3v) is 14.4. The lowest BCUT2D eigenvalue weighted by molar-refractivity contribution is -0.167. The van der Waals surface area contributed by atoms with E-state index in [-0.39, 0.29) is 31.1 Å². The van der Waals surface area contributed by atoms with E-state index < -0.39 is 6.10 Å². The maximum absolute atomic E-state index is 12.9.